The van der Waals surface area contributed by atoms with Gasteiger partial charge >= 0.3 is 0 Å². The summed E-state index contributed by atoms with van der Waals surface area (Å²) in [7, 11) is 0. The molecule has 0 aliphatic rings. The average Bonchev–Trinajstić information content (AvgIpc) is 2.55. The topological polar surface area (TPSA) is 41.9 Å². The zero-order chi connectivity index (χ0) is 14.5. The second kappa shape index (κ2) is 6.13. The Hall–Kier alpha value is -2.75. The average molecular weight is 276 g/mol. The predicted molar refractivity (Wildman–Crippen MR) is 83.3 cm³/mol. The molecule has 1 aromatic carbocycles. The van der Waals surface area contributed by atoms with Crippen LogP contribution in [0, 0.1) is 6.92 Å². The lowest BCUT2D eigenvalue weighted by atomic mass is 10.2. The van der Waals surface area contributed by atoms with E-state index in [1.165, 1.54) is 5.56 Å². The molecule has 4 nitrogen and oxygen atoms in total. The third-order valence-electron chi connectivity index (χ3n) is 3.23. The van der Waals surface area contributed by atoms with E-state index in [2.05, 4.69) is 51.0 Å². The van der Waals surface area contributed by atoms with E-state index in [4.69, 9.17) is 0 Å². The molecule has 2 aromatic heterocycles. The summed E-state index contributed by atoms with van der Waals surface area (Å²) in [5.74, 6) is 0.693. The Morgan fingerprint density at radius 2 is 1.52 bits per heavy atom. The third kappa shape index (κ3) is 3.23. The molecule has 0 saturated carbocycles. The smallest absolute Gasteiger partial charge is 0.230 e. The zero-order valence-corrected chi connectivity index (χ0v) is 11.8. The van der Waals surface area contributed by atoms with Gasteiger partial charge in [-0.25, -0.2) is 9.97 Å². The standard InChI is InChI=1S/C17H16N4/c1-14-3-5-16(6-4-14)21(17-19-9-2-10-20-17)13-15-7-11-18-12-8-15/h2-12H,13H2,1H3. The van der Waals surface area contributed by atoms with Crippen LogP contribution in [0.5, 0.6) is 0 Å². The molecule has 0 radical (unpaired) electrons. The highest BCUT2D eigenvalue weighted by atomic mass is 15.2. The van der Waals surface area contributed by atoms with Crippen molar-refractivity contribution in [3.05, 3.63) is 78.4 Å². The highest BCUT2D eigenvalue weighted by Crippen LogP contribution is 2.24. The van der Waals surface area contributed by atoms with Crippen molar-refractivity contribution in [3.63, 3.8) is 0 Å². The van der Waals surface area contributed by atoms with Gasteiger partial charge in [0.05, 0.1) is 6.54 Å². The molecule has 0 N–H and O–H groups in total. The van der Waals surface area contributed by atoms with Crippen molar-refractivity contribution >= 4 is 11.6 Å². The Morgan fingerprint density at radius 3 is 2.19 bits per heavy atom. The number of hydrogen-bond donors (Lipinski definition) is 0. The fourth-order valence-corrected chi connectivity index (χ4v) is 2.10. The Balaban J connectivity index is 1.97. The van der Waals surface area contributed by atoms with Crippen LogP contribution in [-0.2, 0) is 6.54 Å². The van der Waals surface area contributed by atoms with Crippen molar-refractivity contribution in [2.45, 2.75) is 13.5 Å². The first kappa shape index (κ1) is 13.2. The molecule has 0 aliphatic heterocycles. The lowest BCUT2D eigenvalue weighted by Gasteiger charge is -2.22. The first-order valence-electron chi connectivity index (χ1n) is 6.83. The number of aryl methyl sites for hydroxylation is 1. The van der Waals surface area contributed by atoms with Gasteiger partial charge in [-0.05, 0) is 42.8 Å². The molecule has 0 unspecified atom stereocenters. The molecule has 3 aromatic rings. The van der Waals surface area contributed by atoms with Gasteiger partial charge in [0.25, 0.3) is 0 Å². The number of pyridine rings is 1. The van der Waals surface area contributed by atoms with Crippen molar-refractivity contribution in [1.82, 2.24) is 15.0 Å². The monoisotopic (exact) mass is 276 g/mol. The lowest BCUT2D eigenvalue weighted by molar-refractivity contribution is 0.908. The van der Waals surface area contributed by atoms with Crippen LogP contribution in [0.25, 0.3) is 0 Å². The predicted octanol–water partition coefficient (Wildman–Crippen LogP) is 3.52. The van der Waals surface area contributed by atoms with Gasteiger partial charge in [0.15, 0.2) is 0 Å². The number of rotatable bonds is 4. The Kier molecular flexibility index (Phi) is 3.87. The summed E-state index contributed by atoms with van der Waals surface area (Å²) >= 11 is 0. The SMILES string of the molecule is Cc1ccc(N(Cc2ccncc2)c2ncccn2)cc1. The van der Waals surface area contributed by atoms with Crippen LogP contribution in [0.3, 0.4) is 0 Å². The fraction of sp³-hybridized carbons (Fsp3) is 0.118. The van der Waals surface area contributed by atoms with Crippen LogP contribution in [0.4, 0.5) is 11.6 Å². The van der Waals surface area contributed by atoms with E-state index in [1.807, 2.05) is 18.2 Å². The maximum absolute atomic E-state index is 4.37. The molecule has 104 valence electrons. The van der Waals surface area contributed by atoms with E-state index in [1.54, 1.807) is 24.8 Å². The molecule has 4 heteroatoms. The van der Waals surface area contributed by atoms with Gasteiger partial charge in [0.1, 0.15) is 0 Å². The van der Waals surface area contributed by atoms with E-state index in [0.29, 0.717) is 12.5 Å². The molecular weight excluding hydrogens is 260 g/mol. The van der Waals surface area contributed by atoms with Gasteiger partial charge in [-0.3, -0.25) is 4.98 Å². The minimum Gasteiger partial charge on any atom is -0.306 e. The van der Waals surface area contributed by atoms with E-state index in [-0.39, 0.29) is 0 Å². The maximum Gasteiger partial charge on any atom is 0.230 e. The van der Waals surface area contributed by atoms with E-state index >= 15 is 0 Å². The minimum atomic E-state index is 0.693. The quantitative estimate of drug-likeness (QED) is 0.731. The molecule has 0 fully saturated rings. The molecule has 21 heavy (non-hydrogen) atoms. The molecule has 0 spiro atoms. The molecule has 0 amide bonds. The van der Waals surface area contributed by atoms with Crippen LogP contribution >= 0.6 is 0 Å². The largest absolute Gasteiger partial charge is 0.306 e. The zero-order valence-electron chi connectivity index (χ0n) is 11.8. The highest BCUT2D eigenvalue weighted by molar-refractivity contribution is 5.57. The fourth-order valence-electron chi connectivity index (χ4n) is 2.10. The van der Waals surface area contributed by atoms with Crippen molar-refractivity contribution in [2.75, 3.05) is 4.90 Å². The van der Waals surface area contributed by atoms with Gasteiger partial charge in [0.2, 0.25) is 5.95 Å². The van der Waals surface area contributed by atoms with Crippen LogP contribution in [0.2, 0.25) is 0 Å². The van der Waals surface area contributed by atoms with Crippen LogP contribution in [0.15, 0.2) is 67.3 Å². The summed E-state index contributed by atoms with van der Waals surface area (Å²) < 4.78 is 0. The van der Waals surface area contributed by atoms with Crippen LogP contribution in [-0.4, -0.2) is 15.0 Å². The first-order chi connectivity index (χ1) is 10.3. The summed E-state index contributed by atoms with van der Waals surface area (Å²) in [6.07, 6.45) is 7.12. The van der Waals surface area contributed by atoms with Crippen molar-refractivity contribution in [2.24, 2.45) is 0 Å². The molecule has 2 heterocycles. The number of benzene rings is 1. The van der Waals surface area contributed by atoms with Gasteiger partial charge in [-0.2, -0.15) is 0 Å². The normalized spacial score (nSPS) is 10.3. The number of hydrogen-bond acceptors (Lipinski definition) is 4. The van der Waals surface area contributed by atoms with Gasteiger partial charge < -0.3 is 4.90 Å². The summed E-state index contributed by atoms with van der Waals surface area (Å²) in [6, 6.07) is 14.2. The maximum atomic E-state index is 4.37. The molecule has 0 bridgehead atoms. The van der Waals surface area contributed by atoms with Crippen molar-refractivity contribution in [3.8, 4) is 0 Å². The number of anilines is 2. The minimum absolute atomic E-state index is 0.693. The van der Waals surface area contributed by atoms with Crippen LogP contribution in [0.1, 0.15) is 11.1 Å². The lowest BCUT2D eigenvalue weighted by Crippen LogP contribution is -2.18. The molecule has 0 aliphatic carbocycles. The second-order valence-corrected chi connectivity index (χ2v) is 4.83. The Labute approximate surface area is 124 Å². The third-order valence-corrected chi connectivity index (χ3v) is 3.23. The van der Waals surface area contributed by atoms with Crippen LogP contribution < -0.4 is 4.90 Å². The van der Waals surface area contributed by atoms with Crippen molar-refractivity contribution in [1.29, 1.82) is 0 Å². The van der Waals surface area contributed by atoms with E-state index in [0.717, 1.165) is 11.3 Å². The highest BCUT2D eigenvalue weighted by Gasteiger charge is 2.12. The Bertz CT molecular complexity index is 681. The summed E-state index contributed by atoms with van der Waals surface area (Å²) in [6.45, 7) is 2.78. The van der Waals surface area contributed by atoms with Gasteiger partial charge in [-0.1, -0.05) is 17.7 Å². The number of aromatic nitrogens is 3. The molecular formula is C17H16N4. The molecule has 0 atom stereocenters. The summed E-state index contributed by atoms with van der Waals surface area (Å²) in [5, 5.41) is 0. The van der Waals surface area contributed by atoms with E-state index in [9.17, 15) is 0 Å². The Morgan fingerprint density at radius 1 is 0.857 bits per heavy atom. The summed E-state index contributed by atoms with van der Waals surface area (Å²) in [4.78, 5) is 14.9. The molecule has 3 rings (SSSR count). The summed E-state index contributed by atoms with van der Waals surface area (Å²) in [5.41, 5.74) is 3.47. The van der Waals surface area contributed by atoms with Gasteiger partial charge in [-0.15, -0.1) is 0 Å². The second-order valence-electron chi connectivity index (χ2n) is 4.83. The first-order valence-corrected chi connectivity index (χ1v) is 6.83. The number of nitrogens with zero attached hydrogens (tertiary/aromatic N) is 4. The van der Waals surface area contributed by atoms with E-state index < -0.39 is 0 Å². The van der Waals surface area contributed by atoms with Crippen molar-refractivity contribution < 1.29 is 0 Å². The molecule has 0 saturated heterocycles. The van der Waals surface area contributed by atoms with Gasteiger partial charge in [0, 0.05) is 30.5 Å².